The molecule has 0 amide bonds. The third-order valence-corrected chi connectivity index (χ3v) is 6.46. The van der Waals surface area contributed by atoms with E-state index < -0.39 is 0 Å². The Hall–Kier alpha value is -3.77. The number of pyridine rings is 1. The van der Waals surface area contributed by atoms with Crippen molar-refractivity contribution in [2.45, 2.75) is 45.2 Å². The lowest BCUT2D eigenvalue weighted by Gasteiger charge is -2.30. The van der Waals surface area contributed by atoms with Crippen LogP contribution in [0.3, 0.4) is 0 Å². The fourth-order valence-corrected chi connectivity index (χ4v) is 4.67. The molecule has 1 aliphatic heterocycles. The average Bonchev–Trinajstić information content (AvgIpc) is 2.89. The first-order valence-electron chi connectivity index (χ1n) is 12.3. The molecule has 0 saturated carbocycles. The molecule has 3 heterocycles. The lowest BCUT2D eigenvalue weighted by atomic mass is 10.0. The summed E-state index contributed by atoms with van der Waals surface area (Å²) in [6.45, 7) is 5.08. The summed E-state index contributed by atoms with van der Waals surface area (Å²) in [5, 5.41) is 3.49. The molecule has 2 aromatic carbocycles. The van der Waals surface area contributed by atoms with Crippen molar-refractivity contribution < 1.29 is 0 Å². The highest BCUT2D eigenvalue weighted by Gasteiger charge is 2.21. The number of hydrogen-bond donors (Lipinski definition) is 2. The Bertz CT molecular complexity index is 1290. The van der Waals surface area contributed by atoms with Gasteiger partial charge in [0, 0.05) is 42.3 Å². The van der Waals surface area contributed by atoms with Crippen molar-refractivity contribution in [2.24, 2.45) is 5.73 Å². The summed E-state index contributed by atoms with van der Waals surface area (Å²) in [5.41, 5.74) is 13.0. The van der Waals surface area contributed by atoms with Crippen LogP contribution in [0.1, 0.15) is 43.0 Å². The number of nitrogens with zero attached hydrogens (tertiary/aromatic N) is 4. The summed E-state index contributed by atoms with van der Waals surface area (Å²) in [6.07, 6.45) is 6.82. The molecule has 35 heavy (non-hydrogen) atoms. The van der Waals surface area contributed by atoms with E-state index in [1.165, 1.54) is 16.8 Å². The van der Waals surface area contributed by atoms with Gasteiger partial charge in [0.25, 0.3) is 0 Å². The molecule has 0 bridgehead atoms. The number of nitrogens with one attached hydrogen (secondary N) is 1. The molecule has 0 spiro atoms. The predicted octanol–water partition coefficient (Wildman–Crippen LogP) is 5.69. The molecule has 0 fully saturated rings. The van der Waals surface area contributed by atoms with Crippen LogP contribution in [0.5, 0.6) is 0 Å². The van der Waals surface area contributed by atoms with Crippen LogP contribution >= 0.6 is 0 Å². The van der Waals surface area contributed by atoms with Crippen molar-refractivity contribution in [3.63, 3.8) is 0 Å². The van der Waals surface area contributed by atoms with Crippen LogP contribution in [0.2, 0.25) is 0 Å². The number of hydrogen-bond acceptors (Lipinski definition) is 6. The maximum absolute atomic E-state index is 6.06. The minimum absolute atomic E-state index is 0.0308. The van der Waals surface area contributed by atoms with Gasteiger partial charge < -0.3 is 16.0 Å². The smallest absolute Gasteiger partial charge is 0.224 e. The SMILES string of the molecule is C[C@H](N)c1cccc(C[C@H](C)Nc2nccc(N3CCCc4cnc(-c5ccccc5)cc43)n2)c1. The number of nitrogens with two attached hydrogens (primary N) is 1. The molecular formula is C29H32N6. The van der Waals surface area contributed by atoms with Gasteiger partial charge in [-0.3, -0.25) is 4.98 Å². The molecule has 6 heteroatoms. The van der Waals surface area contributed by atoms with Crippen LogP contribution in [-0.2, 0) is 12.8 Å². The molecule has 4 aromatic rings. The van der Waals surface area contributed by atoms with E-state index in [-0.39, 0.29) is 12.1 Å². The molecule has 1 aliphatic rings. The van der Waals surface area contributed by atoms with Crippen molar-refractivity contribution in [1.29, 1.82) is 0 Å². The maximum Gasteiger partial charge on any atom is 0.224 e. The van der Waals surface area contributed by atoms with Crippen molar-refractivity contribution in [1.82, 2.24) is 15.0 Å². The van der Waals surface area contributed by atoms with Crippen LogP contribution < -0.4 is 16.0 Å². The fourth-order valence-electron chi connectivity index (χ4n) is 4.67. The summed E-state index contributed by atoms with van der Waals surface area (Å²) >= 11 is 0. The second kappa shape index (κ2) is 10.2. The minimum Gasteiger partial charge on any atom is -0.351 e. The number of fused-ring (bicyclic) bond motifs is 1. The predicted molar refractivity (Wildman–Crippen MR) is 143 cm³/mol. The third kappa shape index (κ3) is 5.33. The Labute approximate surface area is 207 Å². The van der Waals surface area contributed by atoms with Crippen LogP contribution in [0.4, 0.5) is 17.5 Å². The van der Waals surface area contributed by atoms with E-state index in [1.807, 2.05) is 43.6 Å². The van der Waals surface area contributed by atoms with Gasteiger partial charge in [0.15, 0.2) is 0 Å². The molecule has 3 N–H and O–H groups in total. The molecule has 6 nitrogen and oxygen atoms in total. The highest BCUT2D eigenvalue weighted by Crippen LogP contribution is 2.34. The zero-order valence-corrected chi connectivity index (χ0v) is 20.4. The Kier molecular flexibility index (Phi) is 6.73. The molecule has 0 unspecified atom stereocenters. The van der Waals surface area contributed by atoms with Gasteiger partial charge in [0.05, 0.1) is 5.69 Å². The average molecular weight is 465 g/mol. The van der Waals surface area contributed by atoms with Crippen molar-refractivity contribution in [3.8, 4) is 11.3 Å². The van der Waals surface area contributed by atoms with Gasteiger partial charge in [-0.1, -0.05) is 54.6 Å². The summed E-state index contributed by atoms with van der Waals surface area (Å²) in [4.78, 5) is 16.4. The van der Waals surface area contributed by atoms with E-state index in [4.69, 9.17) is 15.7 Å². The van der Waals surface area contributed by atoms with E-state index in [2.05, 4.69) is 64.6 Å². The molecule has 2 aromatic heterocycles. The van der Waals surface area contributed by atoms with E-state index in [0.29, 0.717) is 5.95 Å². The Morgan fingerprint density at radius 1 is 1.00 bits per heavy atom. The lowest BCUT2D eigenvalue weighted by Crippen LogP contribution is -2.26. The first-order valence-corrected chi connectivity index (χ1v) is 12.3. The third-order valence-electron chi connectivity index (χ3n) is 6.46. The van der Waals surface area contributed by atoms with Crippen LogP contribution in [0, 0.1) is 0 Å². The largest absolute Gasteiger partial charge is 0.351 e. The first kappa shape index (κ1) is 23.0. The van der Waals surface area contributed by atoms with Gasteiger partial charge in [0.1, 0.15) is 5.82 Å². The second-order valence-electron chi connectivity index (χ2n) is 9.34. The second-order valence-corrected chi connectivity index (χ2v) is 9.34. The number of aryl methyl sites for hydroxylation is 1. The topological polar surface area (TPSA) is 80.0 Å². The quantitative estimate of drug-likeness (QED) is 0.366. The standard InChI is InChI=1S/C29H32N6/c1-20(16-22-8-6-11-24(17-22)21(2)30)33-29-31-14-13-28(34-29)35-15-7-12-25-19-32-26(18-27(25)35)23-9-4-3-5-10-23/h3-6,8-11,13-14,17-21H,7,12,15-16,30H2,1-2H3,(H,31,33,34)/t20-,21-/m0/s1. The molecule has 0 radical (unpaired) electrons. The van der Waals surface area contributed by atoms with Crippen LogP contribution in [0.25, 0.3) is 11.3 Å². The van der Waals surface area contributed by atoms with Crippen molar-refractivity contribution in [3.05, 3.63) is 95.8 Å². The monoisotopic (exact) mass is 464 g/mol. The van der Waals surface area contributed by atoms with Gasteiger partial charge in [-0.2, -0.15) is 4.98 Å². The minimum atomic E-state index is 0.0308. The molecule has 0 aliphatic carbocycles. The Morgan fingerprint density at radius 2 is 1.86 bits per heavy atom. The van der Waals surface area contributed by atoms with E-state index in [1.54, 1.807) is 0 Å². The van der Waals surface area contributed by atoms with E-state index >= 15 is 0 Å². The number of anilines is 3. The summed E-state index contributed by atoms with van der Waals surface area (Å²) in [7, 11) is 0. The lowest BCUT2D eigenvalue weighted by molar-refractivity contribution is 0.748. The van der Waals surface area contributed by atoms with Gasteiger partial charge in [-0.15, -0.1) is 0 Å². The van der Waals surface area contributed by atoms with Gasteiger partial charge in [-0.25, -0.2) is 4.98 Å². The molecule has 178 valence electrons. The summed E-state index contributed by atoms with van der Waals surface area (Å²) < 4.78 is 0. The van der Waals surface area contributed by atoms with E-state index in [9.17, 15) is 0 Å². The summed E-state index contributed by atoms with van der Waals surface area (Å²) in [5.74, 6) is 1.54. The zero-order valence-electron chi connectivity index (χ0n) is 20.4. The normalized spacial score (nSPS) is 14.8. The number of aromatic nitrogens is 3. The highest BCUT2D eigenvalue weighted by molar-refractivity contribution is 5.72. The van der Waals surface area contributed by atoms with Gasteiger partial charge in [-0.05, 0) is 61.9 Å². The van der Waals surface area contributed by atoms with E-state index in [0.717, 1.165) is 48.4 Å². The zero-order chi connectivity index (χ0) is 24.2. The molecule has 2 atom stereocenters. The van der Waals surface area contributed by atoms with Crippen LogP contribution in [0.15, 0.2) is 79.1 Å². The fraction of sp³-hybridized carbons (Fsp3) is 0.276. The van der Waals surface area contributed by atoms with Crippen LogP contribution in [-0.4, -0.2) is 27.5 Å². The highest BCUT2D eigenvalue weighted by atomic mass is 15.2. The molecule has 0 saturated heterocycles. The Balaban J connectivity index is 1.35. The molecular weight excluding hydrogens is 432 g/mol. The first-order chi connectivity index (χ1) is 17.1. The number of rotatable bonds is 7. The Morgan fingerprint density at radius 3 is 2.69 bits per heavy atom. The summed E-state index contributed by atoms with van der Waals surface area (Å²) in [6, 6.07) is 23.2. The number of benzene rings is 2. The molecule has 5 rings (SSSR count). The maximum atomic E-state index is 6.06. The van der Waals surface area contributed by atoms with Crippen molar-refractivity contribution in [2.75, 3.05) is 16.8 Å². The van der Waals surface area contributed by atoms with Crippen molar-refractivity contribution >= 4 is 17.5 Å². The van der Waals surface area contributed by atoms with Gasteiger partial charge >= 0.3 is 0 Å². The van der Waals surface area contributed by atoms with Gasteiger partial charge in [0.2, 0.25) is 5.95 Å².